The number of nitrogens with one attached hydrogen (secondary N) is 1. The summed E-state index contributed by atoms with van der Waals surface area (Å²) < 4.78 is 1.29. The maximum Gasteiger partial charge on any atom is 0.323 e. The van der Waals surface area contributed by atoms with Gasteiger partial charge in [0, 0.05) is 5.25 Å². The molecule has 1 aromatic heterocycles. The van der Waals surface area contributed by atoms with Gasteiger partial charge in [0.25, 0.3) is 0 Å². The fourth-order valence-electron chi connectivity index (χ4n) is 2.59. The van der Waals surface area contributed by atoms with E-state index in [4.69, 9.17) is 0 Å². The molecule has 0 saturated heterocycles. The molecule has 2 N–H and O–H groups in total. The van der Waals surface area contributed by atoms with Crippen LogP contribution in [0.2, 0.25) is 0 Å². The monoisotopic (exact) mass is 285 g/mol. The van der Waals surface area contributed by atoms with Crippen LogP contribution >= 0.6 is 23.1 Å². The van der Waals surface area contributed by atoms with E-state index >= 15 is 0 Å². The number of likely N-dealkylation sites (N-methyl/N-ethyl adjacent to an activating group) is 1. The summed E-state index contributed by atoms with van der Waals surface area (Å²) in [7, 11) is 0. The van der Waals surface area contributed by atoms with E-state index in [0.717, 1.165) is 25.7 Å². The fraction of sp³-hybridized carbons (Fsp3) is 0.615. The summed E-state index contributed by atoms with van der Waals surface area (Å²) in [4.78, 5) is 11.5. The average Bonchev–Trinajstić information content (AvgIpc) is 2.82. The Morgan fingerprint density at radius 2 is 2.56 bits per heavy atom. The van der Waals surface area contributed by atoms with Crippen molar-refractivity contribution in [3.63, 3.8) is 0 Å². The van der Waals surface area contributed by atoms with E-state index in [1.54, 1.807) is 11.3 Å². The first-order valence-corrected chi connectivity index (χ1v) is 8.11. The lowest BCUT2D eigenvalue weighted by molar-refractivity contribution is -0.146. The van der Waals surface area contributed by atoms with Gasteiger partial charge in [-0.2, -0.15) is 0 Å². The zero-order chi connectivity index (χ0) is 13.0. The molecule has 5 heteroatoms. The van der Waals surface area contributed by atoms with Gasteiger partial charge < -0.3 is 10.4 Å². The predicted octanol–water partition coefficient (Wildman–Crippen LogP) is 3.22. The molecule has 3 nitrogen and oxygen atoms in total. The molecule has 2 unspecified atom stereocenters. The van der Waals surface area contributed by atoms with Crippen molar-refractivity contribution in [2.75, 3.05) is 6.54 Å². The number of thiophene rings is 1. The number of rotatable bonds is 5. The summed E-state index contributed by atoms with van der Waals surface area (Å²) in [5, 5.41) is 15.2. The molecular formula is C13H19NO2S2. The van der Waals surface area contributed by atoms with Crippen LogP contribution in [0.4, 0.5) is 0 Å². The normalized spacial score (nSPS) is 28.2. The Morgan fingerprint density at radius 1 is 1.72 bits per heavy atom. The van der Waals surface area contributed by atoms with E-state index < -0.39 is 11.5 Å². The predicted molar refractivity (Wildman–Crippen MR) is 76.5 cm³/mol. The van der Waals surface area contributed by atoms with Crippen LogP contribution in [0, 0.1) is 0 Å². The third-order valence-corrected chi connectivity index (χ3v) is 5.75. The van der Waals surface area contributed by atoms with Crippen molar-refractivity contribution < 1.29 is 9.90 Å². The lowest BCUT2D eigenvalue weighted by Crippen LogP contribution is -2.55. The molecular weight excluding hydrogens is 266 g/mol. The molecule has 1 fully saturated rings. The molecule has 0 radical (unpaired) electrons. The van der Waals surface area contributed by atoms with Gasteiger partial charge in [0.1, 0.15) is 5.54 Å². The summed E-state index contributed by atoms with van der Waals surface area (Å²) >= 11 is 3.57. The summed E-state index contributed by atoms with van der Waals surface area (Å²) in [6.45, 7) is 2.68. The van der Waals surface area contributed by atoms with Gasteiger partial charge >= 0.3 is 5.97 Å². The average molecular weight is 285 g/mol. The second-order valence-corrected chi connectivity index (χ2v) is 7.23. The highest BCUT2D eigenvalue weighted by atomic mass is 32.2. The first-order chi connectivity index (χ1) is 8.66. The van der Waals surface area contributed by atoms with Crippen molar-refractivity contribution in [2.24, 2.45) is 0 Å². The maximum atomic E-state index is 11.5. The number of hydrogen-bond acceptors (Lipinski definition) is 4. The Morgan fingerprint density at radius 3 is 3.17 bits per heavy atom. The molecule has 1 heterocycles. The van der Waals surface area contributed by atoms with Crippen LogP contribution in [0.25, 0.3) is 0 Å². The van der Waals surface area contributed by atoms with Crippen molar-refractivity contribution in [3.05, 3.63) is 17.5 Å². The summed E-state index contributed by atoms with van der Waals surface area (Å²) in [5.41, 5.74) is -0.706. The third kappa shape index (κ3) is 3.08. The van der Waals surface area contributed by atoms with Gasteiger partial charge in [-0.15, -0.1) is 23.1 Å². The molecule has 2 rings (SSSR count). The van der Waals surface area contributed by atoms with E-state index in [1.165, 1.54) is 4.21 Å². The van der Waals surface area contributed by atoms with Crippen LogP contribution in [0.5, 0.6) is 0 Å². The van der Waals surface area contributed by atoms with Crippen molar-refractivity contribution in [1.82, 2.24) is 5.32 Å². The fourth-order valence-corrected chi connectivity index (χ4v) is 4.97. The van der Waals surface area contributed by atoms with Gasteiger partial charge in [-0.25, -0.2) is 0 Å². The zero-order valence-corrected chi connectivity index (χ0v) is 12.1. The molecule has 0 bridgehead atoms. The Bertz CT molecular complexity index is 390. The highest BCUT2D eigenvalue weighted by molar-refractivity contribution is 8.01. The molecule has 1 aliphatic carbocycles. The molecule has 2 atom stereocenters. The van der Waals surface area contributed by atoms with Crippen LogP contribution in [0.3, 0.4) is 0 Å². The number of carboxylic acids is 1. The zero-order valence-electron chi connectivity index (χ0n) is 10.5. The van der Waals surface area contributed by atoms with Gasteiger partial charge in [0.2, 0.25) is 0 Å². The van der Waals surface area contributed by atoms with E-state index in [-0.39, 0.29) is 0 Å². The van der Waals surface area contributed by atoms with E-state index in [1.807, 2.05) is 24.8 Å². The molecule has 1 aliphatic rings. The van der Waals surface area contributed by atoms with Gasteiger partial charge in [-0.1, -0.05) is 13.0 Å². The van der Waals surface area contributed by atoms with Gasteiger partial charge in [0.15, 0.2) is 0 Å². The van der Waals surface area contributed by atoms with Crippen LogP contribution < -0.4 is 5.32 Å². The SMILES string of the molecule is CCNC1(C(=O)O)CCCC(Sc2cccs2)C1. The number of carboxylic acid groups (broad SMARTS) is 1. The van der Waals surface area contributed by atoms with Crippen LogP contribution in [0.15, 0.2) is 21.7 Å². The Hall–Kier alpha value is -0.520. The first-order valence-electron chi connectivity index (χ1n) is 6.35. The summed E-state index contributed by atoms with van der Waals surface area (Å²) in [5.74, 6) is -0.694. The second-order valence-electron chi connectivity index (χ2n) is 4.69. The lowest BCUT2D eigenvalue weighted by atomic mass is 9.81. The van der Waals surface area contributed by atoms with Crippen LogP contribution in [-0.4, -0.2) is 28.4 Å². The minimum atomic E-state index is -0.706. The molecule has 0 spiro atoms. The minimum Gasteiger partial charge on any atom is -0.480 e. The Labute approximate surface area is 116 Å². The highest BCUT2D eigenvalue weighted by Gasteiger charge is 2.42. The van der Waals surface area contributed by atoms with Crippen LogP contribution in [-0.2, 0) is 4.79 Å². The molecule has 18 heavy (non-hydrogen) atoms. The second kappa shape index (κ2) is 6.08. The number of aliphatic carboxylic acids is 1. The van der Waals surface area contributed by atoms with E-state index in [9.17, 15) is 9.90 Å². The number of carbonyl (C=O) groups is 1. The largest absolute Gasteiger partial charge is 0.480 e. The molecule has 0 aliphatic heterocycles. The first kappa shape index (κ1) is 13.9. The summed E-state index contributed by atoms with van der Waals surface area (Å²) in [6.07, 6.45) is 3.57. The van der Waals surface area contributed by atoms with Crippen molar-refractivity contribution >= 4 is 29.1 Å². The van der Waals surface area contributed by atoms with Gasteiger partial charge in [-0.3, -0.25) is 4.79 Å². The van der Waals surface area contributed by atoms with Crippen molar-refractivity contribution in [1.29, 1.82) is 0 Å². The molecule has 1 aromatic rings. The molecule has 1 saturated carbocycles. The molecule has 100 valence electrons. The lowest BCUT2D eigenvalue weighted by Gasteiger charge is -2.37. The third-order valence-electron chi connectivity index (χ3n) is 3.41. The maximum absolute atomic E-state index is 11.5. The van der Waals surface area contributed by atoms with Gasteiger partial charge in [-0.05, 0) is 43.7 Å². The quantitative estimate of drug-likeness (QED) is 0.872. The van der Waals surface area contributed by atoms with E-state index in [2.05, 4.69) is 16.8 Å². The van der Waals surface area contributed by atoms with Crippen molar-refractivity contribution in [3.8, 4) is 0 Å². The van der Waals surface area contributed by atoms with Crippen molar-refractivity contribution in [2.45, 2.75) is 47.6 Å². The molecule has 0 amide bonds. The van der Waals surface area contributed by atoms with Crippen LogP contribution in [0.1, 0.15) is 32.6 Å². The number of hydrogen-bond donors (Lipinski definition) is 2. The summed E-state index contributed by atoms with van der Waals surface area (Å²) in [6, 6.07) is 4.16. The molecule has 0 aromatic carbocycles. The standard InChI is InChI=1S/C13H19NO2S2/c1-2-14-13(12(15)16)7-3-5-10(9-13)18-11-6-4-8-17-11/h4,6,8,10,14H,2-3,5,7,9H2,1H3,(H,15,16). The smallest absolute Gasteiger partial charge is 0.323 e. The minimum absolute atomic E-state index is 0.410. The van der Waals surface area contributed by atoms with E-state index in [0.29, 0.717) is 11.8 Å². The van der Waals surface area contributed by atoms with Gasteiger partial charge in [0.05, 0.1) is 4.21 Å². The highest BCUT2D eigenvalue weighted by Crippen LogP contribution is 2.39. The Kier molecular flexibility index (Phi) is 4.70. The number of thioether (sulfide) groups is 1. The topological polar surface area (TPSA) is 49.3 Å². The Balaban J connectivity index is 2.04.